The minimum Gasteiger partial charge on any atom is -0.495 e. The van der Waals surface area contributed by atoms with Gasteiger partial charge in [-0.1, -0.05) is 56.2 Å². The molecule has 35 heavy (non-hydrogen) atoms. The van der Waals surface area contributed by atoms with Gasteiger partial charge < -0.3 is 19.1 Å². The highest BCUT2D eigenvalue weighted by Gasteiger charge is 2.55. The van der Waals surface area contributed by atoms with Crippen LogP contribution in [0.4, 0.5) is 5.69 Å². The quantitative estimate of drug-likeness (QED) is 0.166. The average Bonchev–Trinajstić information content (AvgIpc) is 3.48. The van der Waals surface area contributed by atoms with Gasteiger partial charge in [0.05, 0.1) is 31.4 Å². The Bertz CT molecular complexity index is 888. The number of benzene rings is 1. The highest BCUT2D eigenvalue weighted by atomic mass is 35.5. The molecule has 1 aromatic rings. The van der Waals surface area contributed by atoms with Crippen molar-refractivity contribution in [2.24, 2.45) is 0 Å². The van der Waals surface area contributed by atoms with Crippen LogP contribution in [0.1, 0.15) is 53.5 Å². The molecule has 0 spiro atoms. The molecule has 0 saturated carbocycles. The first-order chi connectivity index (χ1) is 16.6. The molecule has 0 radical (unpaired) electrons. The van der Waals surface area contributed by atoms with Crippen LogP contribution in [0.5, 0.6) is 5.75 Å². The van der Waals surface area contributed by atoms with Crippen LogP contribution in [0.3, 0.4) is 0 Å². The summed E-state index contributed by atoms with van der Waals surface area (Å²) in [5, 5.41) is 0.422. The van der Waals surface area contributed by atoms with E-state index in [-0.39, 0.29) is 32.5 Å². The lowest BCUT2D eigenvalue weighted by Crippen LogP contribution is -2.37. The van der Waals surface area contributed by atoms with Crippen LogP contribution < -0.4 is 9.64 Å². The van der Waals surface area contributed by atoms with Gasteiger partial charge in [0.2, 0.25) is 5.91 Å². The first kappa shape index (κ1) is 31.6. The van der Waals surface area contributed by atoms with E-state index >= 15 is 0 Å². The molecule has 1 aromatic carbocycles. The SMILES string of the molecule is CC.CC[P@](C)C/C=C/C=C(\C)Cc1cc(OC)c(Cl)c(N(C)C(=O)C[C@H](OC)C2(C)OC2C)c1. The second-order valence-corrected chi connectivity index (χ2v) is 12.0. The minimum absolute atomic E-state index is 0.0719. The maximum absolute atomic E-state index is 13.1. The molecule has 1 fully saturated rings. The van der Waals surface area contributed by atoms with E-state index in [1.807, 2.05) is 39.8 Å². The Labute approximate surface area is 219 Å². The molecular weight excluding hydrogens is 481 g/mol. The predicted molar refractivity (Wildman–Crippen MR) is 152 cm³/mol. The zero-order chi connectivity index (χ0) is 26.8. The fourth-order valence-electron chi connectivity index (χ4n) is 3.75. The highest BCUT2D eigenvalue weighted by molar-refractivity contribution is 7.56. The second kappa shape index (κ2) is 15.0. The van der Waals surface area contributed by atoms with E-state index in [1.54, 1.807) is 26.2 Å². The summed E-state index contributed by atoms with van der Waals surface area (Å²) in [5.74, 6) is 0.468. The number of epoxide rings is 1. The Hall–Kier alpha value is -1.39. The standard InChI is InChI=1S/C26H39ClNO4P.C2H6/c1-9-33(8)13-11-10-12-18(2)14-20-15-21(25(27)22(16-20)30-6)28(5)24(29)17-23(31-7)26(4)19(3)32-26;1-2/h10-12,15-16,19,23H,9,13-14,17H2,1-8H3;1-2H3/b11-10+,18-12+;/t19?,23-,26?,33-;/m0./s1. The number of hydrogen-bond acceptors (Lipinski definition) is 4. The van der Waals surface area contributed by atoms with Gasteiger partial charge in [0, 0.05) is 14.2 Å². The van der Waals surface area contributed by atoms with Crippen molar-refractivity contribution in [3.05, 3.63) is 46.5 Å². The first-order valence-electron chi connectivity index (χ1n) is 12.4. The normalized spacial score (nSPS) is 21.2. The van der Waals surface area contributed by atoms with Crippen LogP contribution in [-0.4, -0.2) is 64.0 Å². The summed E-state index contributed by atoms with van der Waals surface area (Å²) in [7, 11) is 5.04. The lowest BCUT2D eigenvalue weighted by atomic mass is 9.97. The second-order valence-electron chi connectivity index (χ2n) is 8.93. The van der Waals surface area contributed by atoms with E-state index in [4.69, 9.17) is 25.8 Å². The molecule has 1 aliphatic rings. The number of nitrogens with zero attached hydrogens (tertiary/aromatic N) is 1. The van der Waals surface area contributed by atoms with E-state index in [2.05, 4.69) is 38.7 Å². The molecule has 0 N–H and O–H groups in total. The number of hydrogen-bond donors (Lipinski definition) is 0. The topological polar surface area (TPSA) is 51.3 Å². The van der Waals surface area contributed by atoms with Gasteiger partial charge in [0.1, 0.15) is 16.4 Å². The van der Waals surface area contributed by atoms with Gasteiger partial charge in [-0.3, -0.25) is 4.79 Å². The van der Waals surface area contributed by atoms with Gasteiger partial charge in [-0.25, -0.2) is 0 Å². The third-order valence-corrected chi connectivity index (χ3v) is 8.75. The van der Waals surface area contributed by atoms with E-state index in [0.717, 1.165) is 18.1 Å². The number of carbonyl (C=O) groups is 1. The van der Waals surface area contributed by atoms with Gasteiger partial charge in [-0.2, -0.15) is 0 Å². The molecule has 5 nitrogen and oxygen atoms in total. The zero-order valence-electron chi connectivity index (χ0n) is 23.3. The number of amides is 1. The van der Waals surface area contributed by atoms with E-state index in [1.165, 1.54) is 11.7 Å². The van der Waals surface area contributed by atoms with Crippen molar-refractivity contribution in [1.29, 1.82) is 0 Å². The van der Waals surface area contributed by atoms with Crippen LogP contribution in [0.2, 0.25) is 5.02 Å². The van der Waals surface area contributed by atoms with Gasteiger partial charge in [0.25, 0.3) is 0 Å². The van der Waals surface area contributed by atoms with Gasteiger partial charge >= 0.3 is 0 Å². The molecule has 1 aliphatic heterocycles. The smallest absolute Gasteiger partial charge is 0.229 e. The Morgan fingerprint density at radius 3 is 2.49 bits per heavy atom. The molecule has 0 bridgehead atoms. The van der Waals surface area contributed by atoms with Crippen molar-refractivity contribution in [3.63, 3.8) is 0 Å². The highest BCUT2D eigenvalue weighted by Crippen LogP contribution is 2.42. The molecule has 1 saturated heterocycles. The number of anilines is 1. The van der Waals surface area contributed by atoms with Gasteiger partial charge in [-0.15, -0.1) is 7.92 Å². The van der Waals surface area contributed by atoms with Crippen LogP contribution >= 0.6 is 19.5 Å². The maximum Gasteiger partial charge on any atom is 0.229 e. The molecule has 4 atom stereocenters. The predicted octanol–water partition coefficient (Wildman–Crippen LogP) is 7.10. The third kappa shape index (κ3) is 8.89. The number of halogens is 1. The van der Waals surface area contributed by atoms with Gasteiger partial charge in [-0.05, 0) is 63.9 Å². The Balaban J connectivity index is 0.00000298. The van der Waals surface area contributed by atoms with Crippen LogP contribution in [0, 0.1) is 0 Å². The van der Waals surface area contributed by atoms with Crippen molar-refractivity contribution in [1.82, 2.24) is 0 Å². The maximum atomic E-state index is 13.1. The van der Waals surface area contributed by atoms with Crippen LogP contribution in [0.25, 0.3) is 0 Å². The minimum atomic E-state index is -0.430. The first-order valence-corrected chi connectivity index (χ1v) is 14.9. The Morgan fingerprint density at radius 1 is 1.34 bits per heavy atom. The monoisotopic (exact) mass is 525 g/mol. The molecule has 0 aliphatic carbocycles. The van der Waals surface area contributed by atoms with Crippen molar-refractivity contribution in [2.75, 3.05) is 45.2 Å². The third-order valence-electron chi connectivity index (χ3n) is 6.46. The summed E-state index contributed by atoms with van der Waals surface area (Å²) in [6.45, 7) is 14.6. The molecular formula is C28H45ClNO4P. The molecule has 2 unspecified atom stereocenters. The summed E-state index contributed by atoms with van der Waals surface area (Å²) in [5.41, 5.74) is 2.46. The molecule has 198 valence electrons. The molecule has 1 amide bonds. The van der Waals surface area contributed by atoms with Crippen molar-refractivity contribution in [3.8, 4) is 5.75 Å². The Morgan fingerprint density at radius 2 is 1.97 bits per heavy atom. The summed E-state index contributed by atoms with van der Waals surface area (Å²) in [4.78, 5) is 14.7. The summed E-state index contributed by atoms with van der Waals surface area (Å²) in [6, 6.07) is 3.90. The van der Waals surface area contributed by atoms with E-state index < -0.39 is 5.60 Å². The molecule has 2 rings (SSSR count). The van der Waals surface area contributed by atoms with Crippen molar-refractivity contribution < 1.29 is 19.0 Å². The van der Waals surface area contributed by atoms with E-state index in [9.17, 15) is 4.79 Å². The lowest BCUT2D eigenvalue weighted by molar-refractivity contribution is -0.121. The number of carbonyl (C=O) groups excluding carboxylic acids is 1. The number of allylic oxidation sites excluding steroid dienone is 4. The number of methoxy groups -OCH3 is 2. The van der Waals surface area contributed by atoms with E-state index in [0.29, 0.717) is 16.5 Å². The fraction of sp³-hybridized carbons (Fsp3) is 0.607. The van der Waals surface area contributed by atoms with Gasteiger partial charge in [0.15, 0.2) is 0 Å². The molecule has 1 heterocycles. The largest absolute Gasteiger partial charge is 0.495 e. The zero-order valence-corrected chi connectivity index (χ0v) is 24.9. The Kier molecular flexibility index (Phi) is 13.6. The lowest BCUT2D eigenvalue weighted by Gasteiger charge is -2.25. The fourth-order valence-corrected chi connectivity index (χ4v) is 4.80. The number of ether oxygens (including phenoxy) is 3. The molecule has 7 heteroatoms. The number of rotatable bonds is 12. The molecule has 0 aromatic heterocycles. The van der Waals surface area contributed by atoms with Crippen molar-refractivity contribution in [2.45, 2.75) is 72.2 Å². The summed E-state index contributed by atoms with van der Waals surface area (Å²) >= 11 is 6.60. The summed E-state index contributed by atoms with van der Waals surface area (Å²) < 4.78 is 16.8. The average molecular weight is 526 g/mol. The summed E-state index contributed by atoms with van der Waals surface area (Å²) in [6.07, 6.45) is 9.63. The van der Waals surface area contributed by atoms with Crippen LogP contribution in [-0.2, 0) is 20.7 Å². The van der Waals surface area contributed by atoms with Crippen LogP contribution in [0.15, 0.2) is 35.9 Å². The van der Waals surface area contributed by atoms with Crippen molar-refractivity contribution >= 4 is 31.1 Å².